The minimum atomic E-state index is -3.13. The fourth-order valence-electron chi connectivity index (χ4n) is 0.518. The van der Waals surface area contributed by atoms with Gasteiger partial charge in [-0.2, -0.15) is 0 Å². The van der Waals surface area contributed by atoms with E-state index in [-0.39, 0.29) is 13.1 Å². The van der Waals surface area contributed by atoms with E-state index >= 15 is 0 Å². The Labute approximate surface area is 103 Å². The van der Waals surface area contributed by atoms with Crippen molar-refractivity contribution < 1.29 is 48.5 Å². The summed E-state index contributed by atoms with van der Waals surface area (Å²) < 4.78 is 17.5. The third kappa shape index (κ3) is 59.1. The van der Waals surface area contributed by atoms with Crippen LogP contribution in [0.2, 0.25) is 0 Å². The molecule has 0 atom stereocenters. The Kier molecular flexibility index (Phi) is 17.7. The lowest BCUT2D eigenvalue weighted by Crippen LogP contribution is -2.30. The predicted molar refractivity (Wildman–Crippen MR) is 59.6 cm³/mol. The molecule has 0 aromatic rings. The van der Waals surface area contributed by atoms with E-state index in [9.17, 15) is 9.59 Å². The first kappa shape index (κ1) is 22.4. The number of carbonyl (C=O) groups is 2. The summed E-state index contributed by atoms with van der Waals surface area (Å²) in [6.07, 6.45) is 0. The average molecular weight is 311 g/mol. The van der Waals surface area contributed by atoms with Gasteiger partial charge in [0.25, 0.3) is 0 Å². The molecule has 0 saturated carbocycles. The molecule has 0 aromatic carbocycles. The van der Waals surface area contributed by atoms with Crippen LogP contribution in [0.3, 0.4) is 0 Å². The van der Waals surface area contributed by atoms with Crippen molar-refractivity contribution in [1.29, 1.82) is 0 Å². The maximum atomic E-state index is 9.96. The molecule has 0 spiro atoms. The maximum absolute atomic E-state index is 9.96. The van der Waals surface area contributed by atoms with Crippen molar-refractivity contribution in [2.45, 2.75) is 0 Å². The Morgan fingerprint density at radius 1 is 0.889 bits per heavy atom. The molecule has 0 amide bonds. The summed E-state index contributed by atoms with van der Waals surface area (Å²) in [4.78, 5) is 49.7. The summed E-state index contributed by atoms with van der Waals surface area (Å²) in [6, 6.07) is 0. The van der Waals surface area contributed by atoms with E-state index in [4.69, 9.17) is 38.9 Å². The largest absolute Gasteiger partial charge is 0.480 e. The zero-order valence-electron chi connectivity index (χ0n) is 9.18. The molecule has 13 heteroatoms. The number of rotatable bonds is 4. The van der Waals surface area contributed by atoms with Gasteiger partial charge in [0.2, 0.25) is 0 Å². The molecule has 0 aromatic heterocycles. The van der Waals surface area contributed by atoms with Gasteiger partial charge in [0, 0.05) is 0 Å². The van der Waals surface area contributed by atoms with Crippen molar-refractivity contribution in [3.8, 4) is 0 Å². The summed E-state index contributed by atoms with van der Waals surface area (Å²) in [5, 5.41) is 16.3. The van der Waals surface area contributed by atoms with E-state index in [1.807, 2.05) is 0 Å². The van der Waals surface area contributed by atoms with Gasteiger partial charge in [0.05, 0.1) is 13.1 Å². The smallest absolute Gasteiger partial charge is 0.317 e. The zero-order valence-corrected chi connectivity index (χ0v) is 11.2. The van der Waals surface area contributed by atoms with Gasteiger partial charge < -0.3 is 29.8 Å². The molecule has 18 heavy (non-hydrogen) atoms. The fourth-order valence-corrected chi connectivity index (χ4v) is 0.518. The van der Waals surface area contributed by atoms with Crippen molar-refractivity contribution in [3.63, 3.8) is 0 Å². The van der Waals surface area contributed by atoms with E-state index in [1.54, 1.807) is 0 Å². The van der Waals surface area contributed by atoms with Crippen molar-refractivity contribution >= 4 is 28.4 Å². The quantitative estimate of drug-likeness (QED) is 0.309. The Hall–Kier alpha value is -0.800. The first-order valence-electron chi connectivity index (χ1n) is 3.94. The summed E-state index contributed by atoms with van der Waals surface area (Å²) in [7, 11) is -4.83. The van der Waals surface area contributed by atoms with Gasteiger partial charge in [-0.25, -0.2) is 0 Å². The predicted octanol–water partition coefficient (Wildman–Crippen LogP) is -2.19. The topological polar surface area (TPSA) is 193 Å². The monoisotopic (exact) mass is 311 g/mol. The van der Waals surface area contributed by atoms with E-state index in [0.29, 0.717) is 0 Å². The minimum absolute atomic E-state index is 0.244. The van der Waals surface area contributed by atoms with Crippen molar-refractivity contribution in [2.75, 3.05) is 20.1 Å². The van der Waals surface area contributed by atoms with Crippen molar-refractivity contribution in [1.82, 2.24) is 4.90 Å². The summed E-state index contributed by atoms with van der Waals surface area (Å²) in [6.45, 7) is -0.488. The van der Waals surface area contributed by atoms with Crippen LogP contribution in [0.1, 0.15) is 0 Å². The molecular weight excluding hydrogens is 296 g/mol. The lowest BCUT2D eigenvalue weighted by molar-refractivity contribution is -0.141. The second-order valence-corrected chi connectivity index (χ2v) is 3.66. The molecule has 0 unspecified atom stereocenters. The molecule has 0 aliphatic rings. The van der Waals surface area contributed by atoms with Crippen LogP contribution in [0.15, 0.2) is 0 Å². The van der Waals surface area contributed by atoms with Gasteiger partial charge in [0.1, 0.15) is 0 Å². The molecule has 0 bridgehead atoms. The van der Waals surface area contributed by atoms with Crippen molar-refractivity contribution in [2.24, 2.45) is 0 Å². The van der Waals surface area contributed by atoms with Gasteiger partial charge in [-0.3, -0.25) is 23.6 Å². The van der Waals surface area contributed by atoms with E-state index in [2.05, 4.69) is 0 Å². The molecule has 110 valence electrons. The number of hydrogen-bond donors (Lipinski definition) is 6. The maximum Gasteiger partial charge on any atom is 0.317 e. The molecule has 0 rings (SSSR count). The van der Waals surface area contributed by atoms with Gasteiger partial charge >= 0.3 is 28.4 Å². The summed E-state index contributed by atoms with van der Waals surface area (Å²) >= 11 is 0. The molecule has 0 aliphatic carbocycles. The molecule has 0 aliphatic heterocycles. The Morgan fingerprint density at radius 3 is 1.17 bits per heavy atom. The van der Waals surface area contributed by atoms with Crippen LogP contribution in [0.25, 0.3) is 0 Å². The van der Waals surface area contributed by atoms with Gasteiger partial charge in [0.15, 0.2) is 0 Å². The van der Waals surface area contributed by atoms with E-state index < -0.39 is 28.4 Å². The van der Waals surface area contributed by atoms with Crippen LogP contribution < -0.4 is 0 Å². The van der Waals surface area contributed by atoms with Crippen LogP contribution in [-0.2, 0) is 18.7 Å². The number of carboxylic acid groups (broad SMARTS) is 2. The first-order chi connectivity index (χ1) is 7.98. The summed E-state index contributed by atoms with van der Waals surface area (Å²) in [5.74, 6) is -2.05. The zero-order chi connectivity index (χ0) is 15.3. The van der Waals surface area contributed by atoms with Crippen LogP contribution in [0, 0.1) is 0 Å². The van der Waals surface area contributed by atoms with E-state index in [1.165, 1.54) is 11.9 Å². The Bertz CT molecular complexity index is 258. The number of hydrogen-bond acceptors (Lipinski definition) is 5. The standard InChI is InChI=1S/C5H9NO4.2H3O3P/c1-6(2-4(7)8)3-5(9)10;2*1-4(2)3/h2-3H2,1H3,(H,7,8)(H,9,10);2*4H,(H2,1,2,3). The molecular formula is C5H15NO10P2. The highest BCUT2D eigenvalue weighted by molar-refractivity contribution is 7.31. The second-order valence-electron chi connectivity index (χ2n) is 2.52. The minimum Gasteiger partial charge on any atom is -0.480 e. The number of nitrogens with zero attached hydrogens (tertiary/aromatic N) is 1. The Morgan fingerprint density at radius 2 is 1.06 bits per heavy atom. The lowest BCUT2D eigenvalue weighted by Gasteiger charge is -2.08. The van der Waals surface area contributed by atoms with Crippen LogP contribution >= 0.6 is 16.5 Å². The number of carboxylic acids is 2. The fraction of sp³-hybridized carbons (Fsp3) is 0.600. The first-order valence-corrected chi connectivity index (χ1v) is 6.55. The normalized spacial score (nSPS) is 9.33. The lowest BCUT2D eigenvalue weighted by atomic mass is 10.5. The molecule has 11 nitrogen and oxygen atoms in total. The van der Waals surface area contributed by atoms with Crippen molar-refractivity contribution in [3.05, 3.63) is 0 Å². The SMILES string of the molecule is CN(CC(=O)O)CC(=O)O.O=[PH](O)O.O=[PH](O)O. The molecule has 0 heterocycles. The average Bonchev–Trinajstić information content (AvgIpc) is 1.96. The molecule has 0 fully saturated rings. The van der Waals surface area contributed by atoms with Gasteiger partial charge in [-0.1, -0.05) is 0 Å². The number of likely N-dealkylation sites (N-methyl/N-ethyl adjacent to an activating group) is 1. The van der Waals surface area contributed by atoms with Gasteiger partial charge in [-0.05, 0) is 7.05 Å². The van der Waals surface area contributed by atoms with E-state index in [0.717, 1.165) is 0 Å². The molecule has 6 N–H and O–H groups in total. The third-order valence-electron chi connectivity index (χ3n) is 0.810. The highest BCUT2D eigenvalue weighted by atomic mass is 31.1. The highest BCUT2D eigenvalue weighted by Gasteiger charge is 2.06. The van der Waals surface area contributed by atoms with Gasteiger partial charge in [-0.15, -0.1) is 0 Å². The number of aliphatic carboxylic acids is 2. The molecule has 0 radical (unpaired) electrons. The third-order valence-corrected chi connectivity index (χ3v) is 0.810. The van der Waals surface area contributed by atoms with Crippen LogP contribution in [0.4, 0.5) is 0 Å². The highest BCUT2D eigenvalue weighted by Crippen LogP contribution is 1.98. The second kappa shape index (κ2) is 14.3. The summed E-state index contributed by atoms with van der Waals surface area (Å²) in [5.41, 5.74) is 0. The van der Waals surface area contributed by atoms with Crippen LogP contribution in [0.5, 0.6) is 0 Å². The van der Waals surface area contributed by atoms with Crippen LogP contribution in [-0.4, -0.2) is 66.8 Å². The molecule has 0 saturated heterocycles. The Balaban J connectivity index is -0.000000233.